The van der Waals surface area contributed by atoms with Crippen LogP contribution >= 0.6 is 15.6 Å². The van der Waals surface area contributed by atoms with Crippen molar-refractivity contribution in [3.05, 3.63) is 63.7 Å². The Kier molecular flexibility index (Phi) is 16.3. The maximum atomic E-state index is 11.6. The number of aliphatic hydroxyl groups excluding tert-OH is 2. The molecule has 1 unspecified atom stereocenters. The first-order valence-electron chi connectivity index (χ1n) is 9.26. The van der Waals surface area contributed by atoms with E-state index in [0.717, 1.165) is 27.9 Å². The third-order valence-electron chi connectivity index (χ3n) is 4.39. The molecule has 1 aliphatic rings. The molecule has 0 amide bonds. The van der Waals surface area contributed by atoms with Crippen LogP contribution in [0.3, 0.4) is 0 Å². The zero-order valence-corrected chi connectivity index (χ0v) is 27.6. The number of ether oxygens (including phenoxy) is 1. The van der Waals surface area contributed by atoms with E-state index in [-0.39, 0.29) is 88.7 Å². The molecule has 1 saturated heterocycles. The smallest absolute Gasteiger partial charge is 0.790 e. The number of hydrogen-bond acceptors (Lipinski definition) is 13. The fraction of sp³-hybridized carbons (Fsp3) is 0.312. The van der Waals surface area contributed by atoms with Crippen molar-refractivity contribution in [1.29, 1.82) is 0 Å². The second kappa shape index (κ2) is 16.1. The summed E-state index contributed by atoms with van der Waals surface area (Å²) in [6.45, 7) is -1.02. The third-order valence-corrected chi connectivity index (χ3v) is 6.45. The van der Waals surface area contributed by atoms with E-state index in [0.29, 0.717) is 0 Å². The number of fused-ring (bicyclic) bond motifs is 1. The molecule has 2 aromatic heterocycles. The Hall–Kier alpha value is 0.510. The molecule has 186 valence electrons. The molecular formula is C16H17N4Na3O12P2. The monoisotopic (exact) mass is 588 g/mol. The summed E-state index contributed by atoms with van der Waals surface area (Å²) >= 11 is 0. The number of imidazole rings is 1. The minimum absolute atomic E-state index is 0. The normalized spacial score (nSPS) is 22.4. The van der Waals surface area contributed by atoms with Crippen molar-refractivity contribution in [2.24, 2.45) is 0 Å². The van der Waals surface area contributed by atoms with Gasteiger partial charge in [0.25, 0.3) is 13.4 Å². The number of phosphoric ester groups is 1. The van der Waals surface area contributed by atoms with Crippen LogP contribution in [-0.2, 0) is 22.7 Å². The van der Waals surface area contributed by atoms with Crippen LogP contribution in [0.5, 0.6) is 0 Å². The molecule has 21 heteroatoms. The predicted molar refractivity (Wildman–Crippen MR) is 106 cm³/mol. The average molecular weight is 588 g/mol. The first kappa shape index (κ1) is 37.5. The standard InChI is InChI=1S/C9H14N2O12P2.C7H6N2.3Na/c12-5-1-2-11(9(15)10-5)8-7(14)6(13)4(22-8)3-21-25(19,20)23-24(16,17)18;1-2-4-7-6(3-1)8-5-9-7;;;/h1-2,4,6-8,13-14H,3H2,(H,19,20)(H,10,12,15)(H2,16,17,18);1-5H,(H,8,9);;;/q;;3*+1/p-3/t4-,6-,7-,8-;;;;/m1..../s1. The molecule has 0 aliphatic carbocycles. The van der Waals surface area contributed by atoms with E-state index in [2.05, 4.69) is 18.8 Å². The second-order valence-electron chi connectivity index (χ2n) is 6.76. The van der Waals surface area contributed by atoms with Crippen LogP contribution in [0.2, 0.25) is 0 Å². The van der Waals surface area contributed by atoms with Crippen LogP contribution in [0.1, 0.15) is 6.23 Å². The van der Waals surface area contributed by atoms with Gasteiger partial charge in [-0.05, 0) is 12.1 Å². The molecule has 0 spiro atoms. The number of nitrogens with one attached hydrogen (secondary N) is 2. The third kappa shape index (κ3) is 11.1. The number of phosphoric acid groups is 2. The van der Waals surface area contributed by atoms with Crippen LogP contribution in [0.25, 0.3) is 11.0 Å². The Balaban J connectivity index is 0.000000909. The first-order valence-corrected chi connectivity index (χ1v) is 12.2. The molecule has 0 radical (unpaired) electrons. The van der Waals surface area contributed by atoms with Gasteiger partial charge >= 0.3 is 94.4 Å². The van der Waals surface area contributed by atoms with Crippen molar-refractivity contribution in [1.82, 2.24) is 19.5 Å². The molecule has 4 N–H and O–H groups in total. The topological polar surface area (TPSA) is 255 Å². The van der Waals surface area contributed by atoms with E-state index in [9.17, 15) is 43.6 Å². The second-order valence-corrected chi connectivity index (χ2v) is 9.46. The van der Waals surface area contributed by atoms with Gasteiger partial charge < -0.3 is 43.7 Å². The van der Waals surface area contributed by atoms with Gasteiger partial charge in [0.15, 0.2) is 6.23 Å². The fourth-order valence-electron chi connectivity index (χ4n) is 2.91. The van der Waals surface area contributed by atoms with Gasteiger partial charge in [0.2, 0.25) is 0 Å². The van der Waals surface area contributed by atoms with Gasteiger partial charge in [0.1, 0.15) is 18.3 Å². The van der Waals surface area contributed by atoms with Gasteiger partial charge in [-0.3, -0.25) is 23.2 Å². The van der Waals surface area contributed by atoms with Crippen LogP contribution in [0.4, 0.5) is 0 Å². The Morgan fingerprint density at radius 2 is 1.70 bits per heavy atom. The van der Waals surface area contributed by atoms with Crippen molar-refractivity contribution < 1.29 is 136 Å². The van der Waals surface area contributed by atoms with Gasteiger partial charge in [-0.2, -0.15) is 0 Å². The Morgan fingerprint density at radius 3 is 2.30 bits per heavy atom. The summed E-state index contributed by atoms with van der Waals surface area (Å²) in [5.41, 5.74) is 0.426. The Bertz CT molecular complexity index is 1320. The van der Waals surface area contributed by atoms with Crippen molar-refractivity contribution in [2.75, 3.05) is 6.61 Å². The summed E-state index contributed by atoms with van der Waals surface area (Å²) in [4.78, 5) is 63.3. The van der Waals surface area contributed by atoms with E-state index in [1.807, 2.05) is 29.2 Å². The number of aromatic nitrogens is 4. The number of rotatable bonds is 6. The molecule has 3 aromatic rings. The molecule has 0 saturated carbocycles. The van der Waals surface area contributed by atoms with Crippen LogP contribution < -0.4 is 115 Å². The summed E-state index contributed by atoms with van der Waals surface area (Å²) in [6, 6.07) is 8.88. The largest absolute Gasteiger partial charge is 1.00 e. The number of aromatic amines is 2. The zero-order chi connectivity index (χ0) is 25.1. The quantitative estimate of drug-likeness (QED) is 0.154. The molecule has 1 fully saturated rings. The minimum Gasteiger partial charge on any atom is -0.790 e. The van der Waals surface area contributed by atoms with Crippen LogP contribution in [0, 0.1) is 0 Å². The van der Waals surface area contributed by atoms with Gasteiger partial charge in [-0.1, -0.05) is 12.1 Å². The molecular weight excluding hydrogens is 571 g/mol. The molecule has 5 atom stereocenters. The molecule has 0 bridgehead atoms. The molecule has 16 nitrogen and oxygen atoms in total. The molecule has 37 heavy (non-hydrogen) atoms. The number of H-pyrrole nitrogens is 2. The van der Waals surface area contributed by atoms with E-state index >= 15 is 0 Å². The summed E-state index contributed by atoms with van der Waals surface area (Å²) in [5, 5.41) is 19.7. The fourth-order valence-corrected chi connectivity index (χ4v) is 4.41. The predicted octanol–water partition coefficient (Wildman–Crippen LogP) is -11.9. The van der Waals surface area contributed by atoms with Crippen molar-refractivity contribution >= 4 is 26.7 Å². The van der Waals surface area contributed by atoms with E-state index < -0.39 is 58.0 Å². The average Bonchev–Trinajstić information content (AvgIpc) is 3.31. The minimum atomic E-state index is -5.88. The van der Waals surface area contributed by atoms with Gasteiger partial charge in [-0.15, -0.1) is 0 Å². The van der Waals surface area contributed by atoms with E-state index in [1.165, 1.54) is 0 Å². The van der Waals surface area contributed by atoms with Gasteiger partial charge in [0.05, 0.1) is 31.8 Å². The van der Waals surface area contributed by atoms with E-state index in [1.54, 1.807) is 6.33 Å². The van der Waals surface area contributed by atoms with Crippen LogP contribution in [-0.4, -0.2) is 54.7 Å². The number of para-hydroxylation sites is 2. The summed E-state index contributed by atoms with van der Waals surface area (Å²) < 4.78 is 34.6. The number of aliphatic hydroxyl groups is 2. The maximum absolute atomic E-state index is 11.6. The van der Waals surface area contributed by atoms with Gasteiger partial charge in [-0.25, -0.2) is 9.78 Å². The van der Waals surface area contributed by atoms with Crippen LogP contribution in [0.15, 0.2) is 52.4 Å². The number of benzene rings is 1. The zero-order valence-electron chi connectivity index (χ0n) is 19.8. The van der Waals surface area contributed by atoms with Crippen molar-refractivity contribution in [3.63, 3.8) is 0 Å². The van der Waals surface area contributed by atoms with Gasteiger partial charge in [0, 0.05) is 12.3 Å². The number of hydrogen-bond donors (Lipinski definition) is 4. The first-order chi connectivity index (χ1) is 15.9. The summed E-state index contributed by atoms with van der Waals surface area (Å²) in [7, 11) is -11.4. The Labute approximate surface area is 274 Å². The number of nitrogens with zero attached hydrogens (tertiary/aromatic N) is 2. The SMILES string of the molecule is O=c1ccn([C@@H]2O[C@H](COP(=O)([O-])OP(=O)([O-])[O-])[C@@H](O)[C@H]2O)c(=O)[nH]1.[Na+].[Na+].[Na+].c1ccc2[nH]cnc2c1. The molecule has 3 heterocycles. The molecule has 1 aromatic carbocycles. The molecule has 1 aliphatic heterocycles. The summed E-state index contributed by atoms with van der Waals surface area (Å²) in [6.07, 6.45) is -3.81. The van der Waals surface area contributed by atoms with Crippen molar-refractivity contribution in [3.8, 4) is 0 Å². The van der Waals surface area contributed by atoms with Crippen molar-refractivity contribution in [2.45, 2.75) is 24.5 Å². The Morgan fingerprint density at radius 1 is 1.05 bits per heavy atom. The maximum Gasteiger partial charge on any atom is 1.00 e. The van der Waals surface area contributed by atoms with E-state index in [4.69, 9.17) is 4.74 Å². The molecule has 4 rings (SSSR count). The summed E-state index contributed by atoms with van der Waals surface area (Å²) in [5.74, 6) is 0.